The summed E-state index contributed by atoms with van der Waals surface area (Å²) in [5.41, 5.74) is 0. The molecule has 15 heavy (non-hydrogen) atoms. The monoisotopic (exact) mass is 211 g/mol. The van der Waals surface area contributed by atoms with Gasteiger partial charge >= 0.3 is 0 Å². The van der Waals surface area contributed by atoms with Gasteiger partial charge in [-0.05, 0) is 18.8 Å². The Balaban J connectivity index is 1.87. The second kappa shape index (κ2) is 4.47. The summed E-state index contributed by atoms with van der Waals surface area (Å²) < 4.78 is 1.08. The molecule has 1 aliphatic rings. The van der Waals surface area contributed by atoms with Gasteiger partial charge in [0.15, 0.2) is 0 Å². The lowest BCUT2D eigenvalue weighted by molar-refractivity contribution is 0.0433. The van der Waals surface area contributed by atoms with Gasteiger partial charge in [-0.15, -0.1) is 4.73 Å². The summed E-state index contributed by atoms with van der Waals surface area (Å²) in [6.45, 7) is 0.565. The van der Waals surface area contributed by atoms with Crippen molar-refractivity contribution in [3.05, 3.63) is 12.1 Å². The van der Waals surface area contributed by atoms with E-state index in [1.165, 1.54) is 44.2 Å². The molecule has 0 aromatic carbocycles. The van der Waals surface area contributed by atoms with Crippen LogP contribution in [0.3, 0.4) is 0 Å². The molecule has 4 heteroatoms. The van der Waals surface area contributed by atoms with Crippen LogP contribution in [0.4, 0.5) is 0 Å². The van der Waals surface area contributed by atoms with Crippen LogP contribution >= 0.6 is 0 Å². The average molecular weight is 211 g/mol. The topological polar surface area (TPSA) is 54.6 Å². The lowest BCUT2D eigenvalue weighted by Crippen LogP contribution is -2.21. The van der Waals surface area contributed by atoms with Crippen molar-refractivity contribution in [1.29, 1.82) is 0 Å². The lowest BCUT2D eigenvalue weighted by atomic mass is 9.90. The van der Waals surface area contributed by atoms with Crippen LogP contribution in [-0.4, -0.2) is 21.6 Å². The molecule has 1 saturated carbocycles. The molecule has 0 aliphatic heterocycles. The molecule has 0 unspecified atom stereocenters. The summed E-state index contributed by atoms with van der Waals surface area (Å²) in [6, 6.07) is 2.83. The summed E-state index contributed by atoms with van der Waals surface area (Å²) in [5, 5.41) is 18.7. The Bertz CT molecular complexity index is 296. The van der Waals surface area contributed by atoms with E-state index in [0.29, 0.717) is 12.5 Å². The van der Waals surface area contributed by atoms with Crippen LogP contribution in [0, 0.1) is 5.92 Å². The fourth-order valence-electron chi connectivity index (χ4n) is 2.07. The molecule has 0 amide bonds. The molecule has 2 N–H and O–H groups in total. The SMILES string of the molecule is Oc1ccc(O)n1OCC1CCCCC1. The van der Waals surface area contributed by atoms with Gasteiger partial charge in [0.05, 0.1) is 0 Å². The van der Waals surface area contributed by atoms with Crippen LogP contribution < -0.4 is 4.84 Å². The molecule has 0 saturated heterocycles. The Hall–Kier alpha value is -1.32. The van der Waals surface area contributed by atoms with Crippen molar-refractivity contribution >= 4 is 0 Å². The zero-order chi connectivity index (χ0) is 10.7. The van der Waals surface area contributed by atoms with E-state index in [1.54, 1.807) is 0 Å². The molecule has 1 fully saturated rings. The van der Waals surface area contributed by atoms with Gasteiger partial charge in [0.25, 0.3) is 0 Å². The molecule has 0 bridgehead atoms. The highest BCUT2D eigenvalue weighted by molar-refractivity contribution is 5.21. The van der Waals surface area contributed by atoms with Crippen molar-refractivity contribution in [2.45, 2.75) is 32.1 Å². The van der Waals surface area contributed by atoms with E-state index in [9.17, 15) is 10.2 Å². The minimum atomic E-state index is -0.0525. The molecule has 1 aliphatic carbocycles. The van der Waals surface area contributed by atoms with E-state index in [-0.39, 0.29) is 11.8 Å². The standard InChI is InChI=1S/C11H17NO3/c13-10-6-7-11(14)12(10)15-8-9-4-2-1-3-5-9/h6-7,9,13-14H,1-5,8H2. The number of hydrogen-bond acceptors (Lipinski definition) is 3. The van der Waals surface area contributed by atoms with E-state index >= 15 is 0 Å². The first kappa shape index (κ1) is 10.2. The summed E-state index contributed by atoms with van der Waals surface area (Å²) in [7, 11) is 0. The number of hydrogen-bond donors (Lipinski definition) is 2. The Labute approximate surface area is 89.1 Å². The molecule has 0 radical (unpaired) electrons. The van der Waals surface area contributed by atoms with Crippen LogP contribution in [0.1, 0.15) is 32.1 Å². The molecule has 4 nitrogen and oxygen atoms in total. The maximum absolute atomic E-state index is 9.34. The first-order valence-corrected chi connectivity index (χ1v) is 5.50. The number of nitrogens with zero attached hydrogens (tertiary/aromatic N) is 1. The van der Waals surface area contributed by atoms with Crippen LogP contribution in [0.2, 0.25) is 0 Å². The normalized spacial score (nSPS) is 17.9. The minimum Gasteiger partial charge on any atom is -0.492 e. The first-order valence-electron chi connectivity index (χ1n) is 5.50. The summed E-state index contributed by atoms with van der Waals surface area (Å²) in [6.07, 6.45) is 6.21. The number of aromatic hydroxyl groups is 2. The number of aromatic nitrogens is 1. The van der Waals surface area contributed by atoms with Crippen LogP contribution in [0.25, 0.3) is 0 Å². The van der Waals surface area contributed by atoms with Gasteiger partial charge in [-0.1, -0.05) is 19.3 Å². The van der Waals surface area contributed by atoms with Crippen LogP contribution in [0.15, 0.2) is 12.1 Å². The second-order valence-corrected chi connectivity index (χ2v) is 4.14. The van der Waals surface area contributed by atoms with Gasteiger partial charge in [-0.25, -0.2) is 0 Å². The zero-order valence-electron chi connectivity index (χ0n) is 8.72. The van der Waals surface area contributed by atoms with Gasteiger partial charge in [-0.2, -0.15) is 0 Å². The van der Waals surface area contributed by atoms with Gasteiger partial charge in [0.2, 0.25) is 11.8 Å². The summed E-state index contributed by atoms with van der Waals surface area (Å²) in [4.78, 5) is 5.36. The molecule has 1 heterocycles. The Morgan fingerprint density at radius 3 is 2.33 bits per heavy atom. The third kappa shape index (κ3) is 2.37. The highest BCUT2D eigenvalue weighted by Gasteiger charge is 2.15. The van der Waals surface area contributed by atoms with Crippen LogP contribution in [-0.2, 0) is 0 Å². The van der Waals surface area contributed by atoms with E-state index in [4.69, 9.17) is 4.84 Å². The average Bonchev–Trinajstić information content (AvgIpc) is 2.58. The van der Waals surface area contributed by atoms with Crippen molar-refractivity contribution in [3.63, 3.8) is 0 Å². The van der Waals surface area contributed by atoms with Crippen molar-refractivity contribution in [2.24, 2.45) is 5.92 Å². The Morgan fingerprint density at radius 2 is 1.73 bits per heavy atom. The Kier molecular flexibility index (Phi) is 3.04. The largest absolute Gasteiger partial charge is 0.492 e. The predicted molar refractivity (Wildman–Crippen MR) is 55.8 cm³/mol. The third-order valence-corrected chi connectivity index (χ3v) is 2.96. The first-order chi connectivity index (χ1) is 7.27. The van der Waals surface area contributed by atoms with Crippen molar-refractivity contribution < 1.29 is 15.1 Å². The number of rotatable bonds is 3. The van der Waals surface area contributed by atoms with Crippen molar-refractivity contribution in [3.8, 4) is 11.8 Å². The highest BCUT2D eigenvalue weighted by Crippen LogP contribution is 2.24. The van der Waals surface area contributed by atoms with Gasteiger partial charge < -0.3 is 15.1 Å². The summed E-state index contributed by atoms with van der Waals surface area (Å²) in [5.74, 6) is 0.451. The highest BCUT2D eigenvalue weighted by atomic mass is 16.7. The van der Waals surface area contributed by atoms with Crippen LogP contribution in [0.5, 0.6) is 11.8 Å². The smallest absolute Gasteiger partial charge is 0.229 e. The minimum absolute atomic E-state index is 0.0525. The molecular formula is C11H17NO3. The molecule has 0 spiro atoms. The van der Waals surface area contributed by atoms with Crippen molar-refractivity contribution in [1.82, 2.24) is 4.73 Å². The second-order valence-electron chi connectivity index (χ2n) is 4.14. The quantitative estimate of drug-likeness (QED) is 0.803. The van der Waals surface area contributed by atoms with Gasteiger partial charge in [0, 0.05) is 12.1 Å². The molecule has 0 atom stereocenters. The molecule has 1 aromatic heterocycles. The molecule has 1 aromatic rings. The zero-order valence-corrected chi connectivity index (χ0v) is 8.72. The van der Waals surface area contributed by atoms with E-state index < -0.39 is 0 Å². The third-order valence-electron chi connectivity index (χ3n) is 2.96. The fourth-order valence-corrected chi connectivity index (χ4v) is 2.07. The molecule has 84 valence electrons. The van der Waals surface area contributed by atoms with E-state index in [0.717, 1.165) is 4.73 Å². The fraction of sp³-hybridized carbons (Fsp3) is 0.636. The van der Waals surface area contributed by atoms with E-state index in [2.05, 4.69) is 0 Å². The van der Waals surface area contributed by atoms with E-state index in [1.807, 2.05) is 0 Å². The molecular weight excluding hydrogens is 194 g/mol. The Morgan fingerprint density at radius 1 is 1.13 bits per heavy atom. The maximum atomic E-state index is 9.34. The maximum Gasteiger partial charge on any atom is 0.229 e. The predicted octanol–water partition coefficient (Wildman–Crippen LogP) is 1.91. The molecule has 2 rings (SSSR count). The lowest BCUT2D eigenvalue weighted by Gasteiger charge is -2.21. The van der Waals surface area contributed by atoms with Gasteiger partial charge in [0.1, 0.15) is 6.61 Å². The summed E-state index contributed by atoms with van der Waals surface area (Å²) >= 11 is 0. The van der Waals surface area contributed by atoms with Gasteiger partial charge in [-0.3, -0.25) is 0 Å². The van der Waals surface area contributed by atoms with Crippen molar-refractivity contribution in [2.75, 3.05) is 6.61 Å².